The Labute approximate surface area is 569 Å². The Hall–Kier alpha value is -2.18. The van der Waals surface area contributed by atoms with Gasteiger partial charge in [0.2, 0.25) is 0 Å². The number of hydrogen-bond acceptors (Lipinski definition) is 7. The minimum absolute atomic E-state index is 0.375. The molecule has 13 aromatic rings. The Bertz CT molecular complexity index is 4000. The molecule has 452 valence electrons. The maximum Gasteiger partial charge on any atom is 0.00170 e. The molecule has 9 heterocycles. The monoisotopic (exact) mass is 1530 g/mol. The molecule has 11 heteroatoms. The molecule has 0 fully saturated rings. The van der Waals surface area contributed by atoms with Gasteiger partial charge >= 0.3 is 393 Å². The van der Waals surface area contributed by atoms with Gasteiger partial charge < -0.3 is 0 Å². The molecule has 0 aliphatic carbocycles. The molecule has 0 saturated heterocycles. The Morgan fingerprint density at radius 1 is 0.302 bits per heavy atom. The number of aryl methyl sites for hydroxylation is 4. The molecule has 0 nitrogen and oxygen atoms in total. The minimum atomic E-state index is 0.375. The first-order valence-electron chi connectivity index (χ1n) is 32.4. The van der Waals surface area contributed by atoms with Crippen molar-refractivity contribution in [2.45, 2.75) is 201 Å². The average Bonchev–Trinajstić information content (AvgIpc) is 2.04. The van der Waals surface area contributed by atoms with Gasteiger partial charge in [-0.2, -0.15) is 0 Å². The number of halogens is 2. The van der Waals surface area contributed by atoms with Crippen LogP contribution in [-0.2, 0) is 19.3 Å². The number of rotatable bonds is 29. The molecule has 0 amide bonds. The molecular formula is C75H84Br2S7Se2. The van der Waals surface area contributed by atoms with Crippen molar-refractivity contribution >= 4 is 219 Å². The number of fused-ring (bicyclic) bond motifs is 10. The summed E-state index contributed by atoms with van der Waals surface area (Å²) in [5, 5.41) is 18.5. The summed E-state index contributed by atoms with van der Waals surface area (Å²) >= 11 is 21.4. The summed E-state index contributed by atoms with van der Waals surface area (Å²) in [4.78, 5) is 7.23. The Balaban J connectivity index is 0.000000168. The molecule has 0 unspecified atom stereocenters. The van der Waals surface area contributed by atoms with Gasteiger partial charge in [0.15, 0.2) is 0 Å². The van der Waals surface area contributed by atoms with E-state index in [1.807, 2.05) is 79.4 Å². The molecule has 0 atom stereocenters. The van der Waals surface area contributed by atoms with E-state index in [4.69, 9.17) is 0 Å². The van der Waals surface area contributed by atoms with Crippen molar-refractivity contribution in [3.63, 3.8) is 0 Å². The largest absolute Gasteiger partial charge is 0.149 e. The van der Waals surface area contributed by atoms with Crippen LogP contribution >= 0.6 is 111 Å². The number of benzene rings is 4. The van der Waals surface area contributed by atoms with Crippen LogP contribution in [0.2, 0.25) is 0 Å². The van der Waals surface area contributed by atoms with Crippen LogP contribution in [0.3, 0.4) is 0 Å². The molecular weight excluding hydrogens is 1440 g/mol. The summed E-state index contributed by atoms with van der Waals surface area (Å²) < 4.78 is 14.3. The Morgan fingerprint density at radius 2 is 0.605 bits per heavy atom. The van der Waals surface area contributed by atoms with Crippen molar-refractivity contribution in [3.05, 3.63) is 136 Å². The van der Waals surface area contributed by atoms with Crippen LogP contribution in [0.4, 0.5) is 0 Å². The van der Waals surface area contributed by atoms with E-state index in [2.05, 4.69) is 167 Å². The van der Waals surface area contributed by atoms with Gasteiger partial charge in [-0.15, -0.1) is 11.3 Å². The molecule has 4 aromatic carbocycles. The van der Waals surface area contributed by atoms with Gasteiger partial charge in [-0.05, 0) is 36.8 Å². The number of unbranched alkanes of at least 4 members (excludes halogenated alkanes) is 21. The van der Waals surface area contributed by atoms with Crippen molar-refractivity contribution in [3.8, 4) is 19.5 Å². The van der Waals surface area contributed by atoms with E-state index in [9.17, 15) is 0 Å². The van der Waals surface area contributed by atoms with Crippen LogP contribution in [0.1, 0.15) is 196 Å². The van der Waals surface area contributed by atoms with Gasteiger partial charge in [0, 0.05) is 4.88 Å². The molecule has 0 bridgehead atoms. The smallest absolute Gasteiger partial charge is 0.00170 e. The first-order chi connectivity index (χ1) is 42.2. The second kappa shape index (κ2) is 32.9. The van der Waals surface area contributed by atoms with E-state index in [1.165, 1.54) is 287 Å². The fourth-order valence-electron chi connectivity index (χ4n) is 12.2. The number of hydrogen-bond donors (Lipinski definition) is 0. The summed E-state index contributed by atoms with van der Waals surface area (Å²) in [6.45, 7) is 9.08. The predicted octanol–water partition coefficient (Wildman–Crippen LogP) is 29.0. The van der Waals surface area contributed by atoms with E-state index >= 15 is 0 Å². The Kier molecular flexibility index (Phi) is 25.0. The van der Waals surface area contributed by atoms with E-state index in [-0.39, 0.29) is 0 Å². The van der Waals surface area contributed by atoms with Crippen molar-refractivity contribution in [2.75, 3.05) is 0 Å². The van der Waals surface area contributed by atoms with Gasteiger partial charge in [0.05, 0.1) is 0 Å². The van der Waals surface area contributed by atoms with Gasteiger partial charge in [-0.3, -0.25) is 0 Å². The fourth-order valence-corrected chi connectivity index (χ4v) is 25.8. The zero-order valence-electron chi connectivity index (χ0n) is 50.9. The fraction of sp³-hybridized carbons (Fsp3) is 0.413. The topological polar surface area (TPSA) is 0 Å². The molecule has 0 radical (unpaired) electrons. The summed E-state index contributed by atoms with van der Waals surface area (Å²) in [6, 6.07) is 36.2. The number of thiophene rings is 7. The maximum atomic E-state index is 3.60. The van der Waals surface area contributed by atoms with Gasteiger partial charge in [-0.1, -0.05) is 130 Å². The van der Waals surface area contributed by atoms with Gasteiger partial charge in [-0.25, -0.2) is 0 Å². The maximum absolute atomic E-state index is 3.60. The normalized spacial score (nSPS) is 11.9. The quantitative estimate of drug-likeness (QED) is 0.0324. The summed E-state index contributed by atoms with van der Waals surface area (Å²) in [6.07, 6.45) is 37.4. The van der Waals surface area contributed by atoms with Crippen LogP contribution in [0.5, 0.6) is 0 Å². The molecule has 0 aliphatic rings. The zero-order chi connectivity index (χ0) is 59.2. The Morgan fingerprint density at radius 3 is 0.942 bits per heavy atom. The average molecular weight is 1530 g/mol. The molecule has 86 heavy (non-hydrogen) atoms. The third-order valence-corrected chi connectivity index (χ3v) is 30.3. The molecule has 0 N–H and O–H groups in total. The van der Waals surface area contributed by atoms with Crippen molar-refractivity contribution in [2.24, 2.45) is 0 Å². The van der Waals surface area contributed by atoms with E-state index in [0.29, 0.717) is 29.0 Å². The summed E-state index contributed by atoms with van der Waals surface area (Å²) in [7, 11) is 0. The third-order valence-electron chi connectivity index (χ3n) is 17.0. The van der Waals surface area contributed by atoms with Gasteiger partial charge in [0.1, 0.15) is 0 Å². The van der Waals surface area contributed by atoms with E-state index < -0.39 is 0 Å². The second-order valence-electron chi connectivity index (χ2n) is 23.9. The van der Waals surface area contributed by atoms with Crippen LogP contribution in [0, 0.1) is 6.92 Å². The summed E-state index contributed by atoms with van der Waals surface area (Å²) in [5.41, 5.74) is 4.61. The van der Waals surface area contributed by atoms with Crippen molar-refractivity contribution in [1.29, 1.82) is 0 Å². The van der Waals surface area contributed by atoms with Crippen LogP contribution in [0.25, 0.3) is 98.4 Å². The van der Waals surface area contributed by atoms with E-state index in [0.717, 1.165) is 0 Å². The van der Waals surface area contributed by atoms with Gasteiger partial charge in [0.25, 0.3) is 0 Å². The molecule has 0 spiro atoms. The molecule has 13 rings (SSSR count). The first kappa shape index (κ1) is 65.3. The van der Waals surface area contributed by atoms with Crippen LogP contribution in [-0.4, -0.2) is 29.0 Å². The minimum Gasteiger partial charge on any atom is -0.149 e. The third kappa shape index (κ3) is 17.5. The molecule has 0 aliphatic heterocycles. The zero-order valence-corrected chi connectivity index (χ0v) is 63.2. The predicted molar refractivity (Wildman–Crippen MR) is 408 cm³/mol. The molecule has 9 aromatic heterocycles. The van der Waals surface area contributed by atoms with E-state index in [1.54, 1.807) is 14.1 Å². The van der Waals surface area contributed by atoms with Crippen molar-refractivity contribution in [1.82, 2.24) is 0 Å². The van der Waals surface area contributed by atoms with Crippen LogP contribution < -0.4 is 0 Å². The second-order valence-corrected chi connectivity index (χ2v) is 38.5. The van der Waals surface area contributed by atoms with Crippen molar-refractivity contribution < 1.29 is 0 Å². The SMILES string of the molecule is Brc1cc2cc3c(cc2s1)[se]c1cc2sc(Br)cc2cc13.CCCCCCCCCCc1csc(-c2cc3cc4c(cc3s2)[se]c2cc3sc(-c5cc(CCCCCCCCCC)cs5)cc3cc24)c1.CCCCCCCCCCc1csc(C)c1. The molecule has 0 saturated carbocycles. The standard InChI is InChI=1S/C44H52S4Se.C16H6Br2S2Se.C15H26S/c1-3-5-7-9-11-13-15-17-19-31-21-39(45-29-31)41-25-33-23-35-36-24-34-26-42(48-38(34)28-44(36)49-43(35)27-37(33)47-41)40-22-32(30-46-40)20-18-16-14-12-10-8-6-4-2;17-15-3-7-1-9-10-2-8-4-16(18)20-12(8)6-14(10)21-13(9)5-11(7)19-15;1-3-4-5-6-7-8-9-10-11-15-12-14(2)16-13-15/h21-30H,3-20H2,1-2H3;1-6H;12-13H,3-11H2,1-2H3. The first-order valence-corrected chi connectivity index (χ1v) is 43.3. The van der Waals surface area contributed by atoms with Crippen LogP contribution in [0.15, 0.2) is 115 Å². The summed E-state index contributed by atoms with van der Waals surface area (Å²) in [5.74, 6) is 0.